The minimum atomic E-state index is -0.667. The smallest absolute Gasteiger partial charge is 0.220 e. The van der Waals surface area contributed by atoms with E-state index in [2.05, 4.69) is 92.1 Å². The zero-order valence-electron chi connectivity index (χ0n) is 36.4. The number of amides is 1. The monoisotopic (exact) mass is 766 g/mol. The Bertz CT molecular complexity index is 961. The molecule has 0 aromatic carbocycles. The van der Waals surface area contributed by atoms with Gasteiger partial charge in [-0.2, -0.15) is 0 Å². The Hall–Kier alpha value is -2.17. The maximum atomic E-state index is 12.4. The maximum absolute atomic E-state index is 12.4. The molecular weight excluding hydrogens is 675 g/mol. The molecule has 2 atom stereocenters. The van der Waals surface area contributed by atoms with E-state index >= 15 is 0 Å². The molecule has 0 aliphatic heterocycles. The highest BCUT2D eigenvalue weighted by atomic mass is 16.3. The summed E-state index contributed by atoms with van der Waals surface area (Å²) in [5.41, 5.74) is 0. The summed E-state index contributed by atoms with van der Waals surface area (Å²) in [6, 6.07) is -0.545. The Kier molecular flexibility index (Phi) is 44.4. The van der Waals surface area contributed by atoms with Gasteiger partial charge in [0, 0.05) is 6.42 Å². The summed E-state index contributed by atoms with van der Waals surface area (Å²) < 4.78 is 0. The molecule has 0 rings (SSSR count). The van der Waals surface area contributed by atoms with Crippen LogP contribution in [-0.2, 0) is 4.79 Å². The van der Waals surface area contributed by atoms with E-state index in [-0.39, 0.29) is 12.5 Å². The number of hydrogen-bond acceptors (Lipinski definition) is 3. The largest absolute Gasteiger partial charge is 0.394 e. The van der Waals surface area contributed by atoms with Crippen LogP contribution in [0.4, 0.5) is 0 Å². The van der Waals surface area contributed by atoms with E-state index in [4.69, 9.17) is 0 Å². The lowest BCUT2D eigenvalue weighted by molar-refractivity contribution is -0.123. The number of aliphatic hydroxyl groups is 2. The van der Waals surface area contributed by atoms with Crippen LogP contribution in [0.5, 0.6) is 0 Å². The average Bonchev–Trinajstić information content (AvgIpc) is 3.19. The Morgan fingerprint density at radius 2 is 0.800 bits per heavy atom. The SMILES string of the molecule is CC/C=C\C/C=C\C/C=C\C/C=C\C/C=C\C/C=C\CCCCCCCCCCC(=O)NC(CO)C(O)CCCCCCCCCCCCCCCCCC. The molecular formula is C51H91NO3. The van der Waals surface area contributed by atoms with E-state index < -0.39 is 12.1 Å². The fourth-order valence-electron chi connectivity index (χ4n) is 6.89. The van der Waals surface area contributed by atoms with Gasteiger partial charge in [0.05, 0.1) is 18.8 Å². The van der Waals surface area contributed by atoms with E-state index in [0.29, 0.717) is 12.8 Å². The fraction of sp³-hybridized carbons (Fsp3) is 0.745. The summed E-state index contributed by atoms with van der Waals surface area (Å²) in [5.74, 6) is -0.0422. The molecule has 0 fully saturated rings. The van der Waals surface area contributed by atoms with E-state index in [0.717, 1.165) is 64.2 Å². The second-order valence-electron chi connectivity index (χ2n) is 15.8. The van der Waals surface area contributed by atoms with Gasteiger partial charge < -0.3 is 15.5 Å². The number of unbranched alkanes of at least 4 members (excludes halogenated alkanes) is 23. The number of carbonyl (C=O) groups excluding carboxylic acids is 1. The topological polar surface area (TPSA) is 69.6 Å². The second kappa shape index (κ2) is 46.2. The Balaban J connectivity index is 3.58. The molecule has 0 bridgehead atoms. The Labute approximate surface area is 342 Å². The van der Waals surface area contributed by atoms with Gasteiger partial charge in [0.15, 0.2) is 0 Å². The van der Waals surface area contributed by atoms with Gasteiger partial charge in [-0.15, -0.1) is 0 Å². The fourth-order valence-corrected chi connectivity index (χ4v) is 6.89. The molecule has 0 saturated heterocycles. The van der Waals surface area contributed by atoms with Crippen molar-refractivity contribution in [1.29, 1.82) is 0 Å². The molecule has 3 N–H and O–H groups in total. The molecule has 1 amide bonds. The maximum Gasteiger partial charge on any atom is 0.220 e. The molecule has 0 heterocycles. The van der Waals surface area contributed by atoms with Crippen LogP contribution in [0.25, 0.3) is 0 Å². The van der Waals surface area contributed by atoms with E-state index in [1.54, 1.807) is 0 Å². The first kappa shape index (κ1) is 52.8. The number of rotatable bonds is 42. The lowest BCUT2D eigenvalue weighted by atomic mass is 10.0. The molecule has 55 heavy (non-hydrogen) atoms. The van der Waals surface area contributed by atoms with E-state index in [1.165, 1.54) is 135 Å². The molecule has 0 aromatic rings. The normalized spacial score (nSPS) is 13.6. The third-order valence-corrected chi connectivity index (χ3v) is 10.5. The van der Waals surface area contributed by atoms with Crippen molar-refractivity contribution in [3.8, 4) is 0 Å². The van der Waals surface area contributed by atoms with Gasteiger partial charge in [0.25, 0.3) is 0 Å². The van der Waals surface area contributed by atoms with Gasteiger partial charge in [-0.3, -0.25) is 4.79 Å². The third-order valence-electron chi connectivity index (χ3n) is 10.5. The van der Waals surface area contributed by atoms with Gasteiger partial charge in [-0.1, -0.05) is 228 Å². The van der Waals surface area contributed by atoms with Crippen molar-refractivity contribution < 1.29 is 15.0 Å². The summed E-state index contributed by atoms with van der Waals surface area (Å²) in [4.78, 5) is 12.4. The Morgan fingerprint density at radius 3 is 1.20 bits per heavy atom. The Morgan fingerprint density at radius 1 is 0.455 bits per heavy atom. The predicted molar refractivity (Wildman–Crippen MR) is 244 cm³/mol. The van der Waals surface area contributed by atoms with Crippen molar-refractivity contribution in [2.45, 2.75) is 238 Å². The van der Waals surface area contributed by atoms with Crippen LogP contribution in [0, 0.1) is 0 Å². The first-order valence-corrected chi connectivity index (χ1v) is 23.6. The molecule has 318 valence electrons. The highest BCUT2D eigenvalue weighted by Gasteiger charge is 2.20. The molecule has 0 radical (unpaired) electrons. The van der Waals surface area contributed by atoms with Crippen molar-refractivity contribution in [3.05, 3.63) is 72.9 Å². The van der Waals surface area contributed by atoms with Gasteiger partial charge in [-0.05, 0) is 64.2 Å². The number of aliphatic hydroxyl groups excluding tert-OH is 2. The lowest BCUT2D eigenvalue weighted by Crippen LogP contribution is -2.45. The highest BCUT2D eigenvalue weighted by molar-refractivity contribution is 5.76. The van der Waals surface area contributed by atoms with Crippen LogP contribution >= 0.6 is 0 Å². The summed E-state index contributed by atoms with van der Waals surface area (Å²) in [6.07, 6.45) is 65.5. The first-order chi connectivity index (χ1) is 27.2. The minimum Gasteiger partial charge on any atom is -0.394 e. The van der Waals surface area contributed by atoms with Gasteiger partial charge in [-0.25, -0.2) is 0 Å². The summed E-state index contributed by atoms with van der Waals surface area (Å²) in [7, 11) is 0. The zero-order valence-corrected chi connectivity index (χ0v) is 36.4. The summed E-state index contributed by atoms with van der Waals surface area (Å²) in [6.45, 7) is 4.24. The van der Waals surface area contributed by atoms with Crippen LogP contribution in [0.15, 0.2) is 72.9 Å². The molecule has 2 unspecified atom stereocenters. The van der Waals surface area contributed by atoms with Crippen molar-refractivity contribution in [2.24, 2.45) is 0 Å². The average molecular weight is 766 g/mol. The van der Waals surface area contributed by atoms with Crippen LogP contribution < -0.4 is 5.32 Å². The van der Waals surface area contributed by atoms with Gasteiger partial charge in [0.2, 0.25) is 5.91 Å². The lowest BCUT2D eigenvalue weighted by Gasteiger charge is -2.22. The third kappa shape index (κ3) is 42.8. The molecule has 0 saturated carbocycles. The number of carbonyl (C=O) groups is 1. The van der Waals surface area contributed by atoms with Crippen LogP contribution in [0.1, 0.15) is 226 Å². The van der Waals surface area contributed by atoms with E-state index in [1.807, 2.05) is 0 Å². The molecule has 0 spiro atoms. The first-order valence-electron chi connectivity index (χ1n) is 23.6. The van der Waals surface area contributed by atoms with Gasteiger partial charge in [0.1, 0.15) is 0 Å². The van der Waals surface area contributed by atoms with Crippen molar-refractivity contribution >= 4 is 5.91 Å². The van der Waals surface area contributed by atoms with Crippen LogP contribution in [0.2, 0.25) is 0 Å². The van der Waals surface area contributed by atoms with Crippen LogP contribution in [0.3, 0.4) is 0 Å². The molecule has 0 aromatic heterocycles. The minimum absolute atomic E-state index is 0.0422. The van der Waals surface area contributed by atoms with Crippen molar-refractivity contribution in [3.63, 3.8) is 0 Å². The van der Waals surface area contributed by atoms with Crippen LogP contribution in [-0.4, -0.2) is 34.9 Å². The van der Waals surface area contributed by atoms with Crippen molar-refractivity contribution in [2.75, 3.05) is 6.61 Å². The number of allylic oxidation sites excluding steroid dienone is 12. The van der Waals surface area contributed by atoms with Gasteiger partial charge >= 0.3 is 0 Å². The molecule has 0 aliphatic carbocycles. The molecule has 4 nitrogen and oxygen atoms in total. The van der Waals surface area contributed by atoms with Crippen molar-refractivity contribution in [1.82, 2.24) is 5.32 Å². The summed E-state index contributed by atoms with van der Waals surface area (Å²) in [5, 5.41) is 23.2. The molecule has 4 heteroatoms. The number of nitrogens with one attached hydrogen (secondary N) is 1. The van der Waals surface area contributed by atoms with E-state index in [9.17, 15) is 15.0 Å². The quantitative estimate of drug-likeness (QED) is 0.0428. The zero-order chi connectivity index (χ0) is 40.0. The second-order valence-corrected chi connectivity index (χ2v) is 15.8. The molecule has 0 aliphatic rings. The standard InChI is InChI=1S/C51H91NO3/c1-3-5-7-9-11-13-15-17-19-21-22-23-24-25-26-27-28-29-30-31-33-35-37-39-41-43-45-47-51(55)52-49(48-53)50(54)46-44-42-40-38-36-34-32-20-18-16-14-12-10-8-6-4-2/h5,7,11,13,17,19,22-23,25-26,28-29,49-50,53-54H,3-4,6,8-10,12,14-16,18,20-21,24,27,30-48H2,1-2H3,(H,52,55)/b7-5-,13-11-,19-17-,23-22-,26-25-,29-28-. The summed E-state index contributed by atoms with van der Waals surface area (Å²) >= 11 is 0. The predicted octanol–water partition coefficient (Wildman–Crippen LogP) is 15.1. The number of hydrogen-bond donors (Lipinski definition) is 3. The highest BCUT2D eigenvalue weighted by Crippen LogP contribution is 2.16.